The normalized spacial score (nSPS) is 17.5. The molecule has 0 saturated carbocycles. The molecular weight excluding hydrogens is 490 g/mol. The van der Waals surface area contributed by atoms with Crippen molar-refractivity contribution in [2.24, 2.45) is 0 Å². The maximum Gasteiger partial charge on any atom is 0.251 e. The van der Waals surface area contributed by atoms with Crippen LogP contribution in [0.1, 0.15) is 41.6 Å². The average molecular weight is 522 g/mol. The standard InChI is InChI=1S/C24H31N3O6S2/c1-19-6-7-20(18-23(19)35(31,32)27-15-4-5-16-27)24(28)25-12-17-33-21-8-10-22(11-9-21)34(29,30)26-13-2-3-14-26/h6-11,18H,2-5,12-17H2,1H3,(H,25,28). The molecule has 2 aromatic rings. The van der Waals surface area contributed by atoms with Crippen molar-refractivity contribution >= 4 is 26.0 Å². The molecule has 0 atom stereocenters. The molecule has 190 valence electrons. The Balaban J connectivity index is 1.31. The highest BCUT2D eigenvalue weighted by molar-refractivity contribution is 7.89. The molecule has 4 rings (SSSR count). The van der Waals surface area contributed by atoms with Gasteiger partial charge in [-0.15, -0.1) is 0 Å². The van der Waals surface area contributed by atoms with E-state index in [9.17, 15) is 21.6 Å². The molecule has 1 amide bonds. The molecule has 0 unspecified atom stereocenters. The first-order valence-electron chi connectivity index (χ1n) is 11.8. The van der Waals surface area contributed by atoms with Crippen LogP contribution in [0.2, 0.25) is 0 Å². The molecule has 2 aromatic carbocycles. The van der Waals surface area contributed by atoms with Crippen LogP contribution >= 0.6 is 0 Å². The van der Waals surface area contributed by atoms with Gasteiger partial charge in [0.2, 0.25) is 20.0 Å². The summed E-state index contributed by atoms with van der Waals surface area (Å²) in [6.07, 6.45) is 3.44. The second kappa shape index (κ2) is 10.7. The van der Waals surface area contributed by atoms with Gasteiger partial charge in [0.25, 0.3) is 5.91 Å². The van der Waals surface area contributed by atoms with Gasteiger partial charge in [0.1, 0.15) is 12.4 Å². The van der Waals surface area contributed by atoms with E-state index in [2.05, 4.69) is 5.32 Å². The summed E-state index contributed by atoms with van der Waals surface area (Å²) in [4.78, 5) is 13.0. The molecule has 11 heteroatoms. The Morgan fingerprint density at radius 3 is 2.03 bits per heavy atom. The summed E-state index contributed by atoms with van der Waals surface area (Å²) in [5.74, 6) is 0.104. The third kappa shape index (κ3) is 5.69. The van der Waals surface area contributed by atoms with Gasteiger partial charge < -0.3 is 10.1 Å². The maximum absolute atomic E-state index is 12.9. The lowest BCUT2D eigenvalue weighted by Crippen LogP contribution is -2.30. The molecule has 2 saturated heterocycles. The minimum atomic E-state index is -3.62. The molecule has 2 aliphatic heterocycles. The fraction of sp³-hybridized carbons (Fsp3) is 0.458. The third-order valence-electron chi connectivity index (χ3n) is 6.32. The summed E-state index contributed by atoms with van der Waals surface area (Å²) in [6, 6.07) is 10.9. The summed E-state index contributed by atoms with van der Waals surface area (Å²) >= 11 is 0. The van der Waals surface area contributed by atoms with E-state index in [0.717, 1.165) is 25.7 Å². The van der Waals surface area contributed by atoms with E-state index in [1.165, 1.54) is 26.8 Å². The van der Waals surface area contributed by atoms with Crippen molar-refractivity contribution in [2.45, 2.75) is 42.4 Å². The number of carbonyl (C=O) groups is 1. The lowest BCUT2D eigenvalue weighted by molar-refractivity contribution is 0.0946. The fourth-order valence-corrected chi connectivity index (χ4v) is 7.59. The zero-order valence-electron chi connectivity index (χ0n) is 19.8. The monoisotopic (exact) mass is 521 g/mol. The number of sulfonamides is 2. The Hall–Kier alpha value is -2.47. The Kier molecular flexibility index (Phi) is 7.80. The quantitative estimate of drug-likeness (QED) is 0.507. The Labute approximate surface area is 207 Å². The van der Waals surface area contributed by atoms with Crippen LogP contribution in [-0.4, -0.2) is 70.7 Å². The zero-order valence-corrected chi connectivity index (χ0v) is 21.4. The third-order valence-corrected chi connectivity index (χ3v) is 10.3. The SMILES string of the molecule is Cc1ccc(C(=O)NCCOc2ccc(S(=O)(=O)N3CCCC3)cc2)cc1S(=O)(=O)N1CCCC1. The van der Waals surface area contributed by atoms with Gasteiger partial charge in [0, 0.05) is 31.7 Å². The van der Waals surface area contributed by atoms with E-state index in [0.29, 0.717) is 37.5 Å². The molecular formula is C24H31N3O6S2. The lowest BCUT2D eigenvalue weighted by atomic mass is 10.1. The first-order valence-corrected chi connectivity index (χ1v) is 14.7. The number of nitrogens with one attached hydrogen (secondary N) is 1. The molecule has 0 radical (unpaired) electrons. The summed E-state index contributed by atoms with van der Waals surface area (Å²) in [5, 5.41) is 2.73. The minimum Gasteiger partial charge on any atom is -0.492 e. The van der Waals surface area contributed by atoms with Crippen molar-refractivity contribution in [1.29, 1.82) is 0 Å². The molecule has 0 bridgehead atoms. The highest BCUT2D eigenvalue weighted by atomic mass is 32.2. The van der Waals surface area contributed by atoms with Gasteiger partial charge in [0.15, 0.2) is 0 Å². The number of hydrogen-bond acceptors (Lipinski definition) is 6. The van der Waals surface area contributed by atoms with Crippen molar-refractivity contribution < 1.29 is 26.4 Å². The minimum absolute atomic E-state index is 0.160. The number of rotatable bonds is 9. The topological polar surface area (TPSA) is 113 Å². The first-order chi connectivity index (χ1) is 16.7. The van der Waals surface area contributed by atoms with E-state index < -0.39 is 26.0 Å². The predicted molar refractivity (Wildman–Crippen MR) is 131 cm³/mol. The van der Waals surface area contributed by atoms with Gasteiger partial charge in [0.05, 0.1) is 16.3 Å². The smallest absolute Gasteiger partial charge is 0.251 e. The molecule has 2 fully saturated rings. The van der Waals surface area contributed by atoms with Crippen LogP contribution in [0.25, 0.3) is 0 Å². The molecule has 35 heavy (non-hydrogen) atoms. The van der Waals surface area contributed by atoms with Gasteiger partial charge in [-0.05, 0) is 74.6 Å². The zero-order chi connectivity index (χ0) is 25.1. The summed E-state index contributed by atoms with van der Waals surface area (Å²) in [7, 11) is -7.09. The summed E-state index contributed by atoms with van der Waals surface area (Å²) < 4.78 is 59.7. The van der Waals surface area contributed by atoms with Gasteiger partial charge in [-0.25, -0.2) is 16.8 Å². The highest BCUT2D eigenvalue weighted by Crippen LogP contribution is 2.25. The van der Waals surface area contributed by atoms with E-state index >= 15 is 0 Å². The van der Waals surface area contributed by atoms with Gasteiger partial charge in [-0.1, -0.05) is 6.07 Å². The van der Waals surface area contributed by atoms with Crippen LogP contribution in [0.5, 0.6) is 5.75 Å². The maximum atomic E-state index is 12.9. The van der Waals surface area contributed by atoms with Crippen LogP contribution in [-0.2, 0) is 20.0 Å². The predicted octanol–water partition coefficient (Wildman–Crippen LogP) is 2.37. The van der Waals surface area contributed by atoms with Crippen LogP contribution in [0, 0.1) is 6.92 Å². The van der Waals surface area contributed by atoms with Crippen molar-refractivity contribution in [3.05, 3.63) is 53.6 Å². The number of hydrogen-bond donors (Lipinski definition) is 1. The molecule has 9 nitrogen and oxygen atoms in total. The molecule has 0 aliphatic carbocycles. The second-order valence-corrected chi connectivity index (χ2v) is 12.6. The Morgan fingerprint density at radius 2 is 1.43 bits per heavy atom. The Bertz CT molecular complexity index is 1260. The summed E-state index contributed by atoms with van der Waals surface area (Å²) in [5.41, 5.74) is 0.872. The number of ether oxygens (including phenoxy) is 1. The van der Waals surface area contributed by atoms with E-state index in [1.807, 2.05) is 0 Å². The Morgan fingerprint density at radius 1 is 0.857 bits per heavy atom. The number of aryl methyl sites for hydroxylation is 1. The van der Waals surface area contributed by atoms with Crippen molar-refractivity contribution in [2.75, 3.05) is 39.3 Å². The van der Waals surface area contributed by atoms with E-state index in [4.69, 9.17) is 4.74 Å². The number of carbonyl (C=O) groups excluding carboxylic acids is 1. The van der Waals surface area contributed by atoms with Crippen LogP contribution in [0.15, 0.2) is 52.3 Å². The average Bonchev–Trinajstić information content (AvgIpc) is 3.57. The molecule has 1 N–H and O–H groups in total. The number of amides is 1. The molecule has 2 aliphatic rings. The molecule has 0 aromatic heterocycles. The van der Waals surface area contributed by atoms with Crippen molar-refractivity contribution in [1.82, 2.24) is 13.9 Å². The van der Waals surface area contributed by atoms with Crippen molar-refractivity contribution in [3.8, 4) is 5.75 Å². The second-order valence-electron chi connectivity index (χ2n) is 8.78. The first kappa shape index (κ1) is 25.6. The van der Waals surface area contributed by atoms with Crippen LogP contribution < -0.4 is 10.1 Å². The van der Waals surface area contributed by atoms with Gasteiger partial charge in [-0.2, -0.15) is 8.61 Å². The van der Waals surface area contributed by atoms with Crippen LogP contribution in [0.3, 0.4) is 0 Å². The van der Waals surface area contributed by atoms with Crippen molar-refractivity contribution in [3.63, 3.8) is 0 Å². The lowest BCUT2D eigenvalue weighted by Gasteiger charge is -2.18. The largest absolute Gasteiger partial charge is 0.492 e. The summed E-state index contributed by atoms with van der Waals surface area (Å²) in [6.45, 7) is 4.20. The van der Waals surface area contributed by atoms with E-state index in [1.54, 1.807) is 31.2 Å². The molecule has 0 spiro atoms. The number of nitrogens with zero attached hydrogens (tertiary/aromatic N) is 2. The fourth-order valence-electron chi connectivity index (χ4n) is 4.31. The van der Waals surface area contributed by atoms with Crippen LogP contribution in [0.4, 0.5) is 0 Å². The highest BCUT2D eigenvalue weighted by Gasteiger charge is 2.29. The number of benzene rings is 2. The molecule has 2 heterocycles. The van der Waals surface area contributed by atoms with E-state index in [-0.39, 0.29) is 28.5 Å². The van der Waals surface area contributed by atoms with Gasteiger partial charge >= 0.3 is 0 Å². The van der Waals surface area contributed by atoms with Gasteiger partial charge in [-0.3, -0.25) is 4.79 Å².